The van der Waals surface area contributed by atoms with Gasteiger partial charge in [0, 0.05) is 11.4 Å². The van der Waals surface area contributed by atoms with E-state index in [1.54, 1.807) is 0 Å². The minimum Gasteiger partial charge on any atom is -0.399 e. The predicted molar refractivity (Wildman–Crippen MR) is 288 cm³/mol. The van der Waals surface area contributed by atoms with E-state index in [4.69, 9.17) is 11.5 Å². The van der Waals surface area contributed by atoms with Gasteiger partial charge in [0.25, 0.3) is 0 Å². The molecule has 0 aromatic heterocycles. The lowest BCUT2D eigenvalue weighted by molar-refractivity contribution is 0.590. The number of hydrogen-bond donors (Lipinski definition) is 2. The number of fused-ring (bicyclic) bond motifs is 2. The Hall–Kier alpha value is -6.90. The summed E-state index contributed by atoms with van der Waals surface area (Å²) in [5, 5.41) is 4.72. The zero-order valence-corrected chi connectivity index (χ0v) is 40.5. The minimum atomic E-state index is 0.0322. The van der Waals surface area contributed by atoms with Gasteiger partial charge >= 0.3 is 0 Å². The first-order chi connectivity index (χ1) is 31.4. The Kier molecular flexibility index (Phi) is 11.3. The number of benzene rings is 9. The molecule has 0 amide bonds. The predicted octanol–water partition coefficient (Wildman–Crippen LogP) is 17.6. The van der Waals surface area contributed by atoms with Crippen molar-refractivity contribution in [1.29, 1.82) is 0 Å². The highest BCUT2D eigenvalue weighted by Gasteiger charge is 2.24. The Morgan fingerprint density at radius 2 is 0.530 bits per heavy atom. The third kappa shape index (κ3) is 8.54. The molecule has 0 radical (unpaired) electrons. The Balaban J connectivity index is 1.48. The molecule has 0 atom stereocenters. The van der Waals surface area contributed by atoms with Crippen LogP contribution in [0, 0.1) is 0 Å². The molecule has 0 saturated carbocycles. The quantitative estimate of drug-likeness (QED) is 0.124. The van der Waals surface area contributed by atoms with E-state index in [0.29, 0.717) is 0 Å². The van der Waals surface area contributed by atoms with Crippen LogP contribution in [0.15, 0.2) is 170 Å². The standard InChI is InChI=1S/C64H64N2/c1-11-40-12-14-41(15-13-40)52-36-56-57(37-53(52)42-16-26-47(27-17-42)62(2,3)4)61(46-24-34-51(66)35-25-46)59-39-55(44-20-30-49(31-21-44)64(8,9)10)54(43-18-28-48(29-19-43)63(5,6)7)38-58(59)60(56)45-22-32-50(65)33-23-45/h12-39H,11,65-66H2,1-10H3. The molecule has 2 heteroatoms. The first-order valence-electron chi connectivity index (χ1n) is 23.6. The molecule has 0 spiro atoms. The summed E-state index contributed by atoms with van der Waals surface area (Å²) in [6.45, 7) is 22.7. The van der Waals surface area contributed by atoms with Crippen molar-refractivity contribution in [2.45, 2.75) is 91.9 Å². The van der Waals surface area contributed by atoms with Crippen LogP contribution >= 0.6 is 0 Å². The van der Waals surface area contributed by atoms with Crippen LogP contribution in [-0.2, 0) is 22.7 Å². The fourth-order valence-electron chi connectivity index (χ4n) is 9.56. The molecule has 0 bridgehead atoms. The summed E-state index contributed by atoms with van der Waals surface area (Å²) in [4.78, 5) is 0. The molecule has 9 aromatic carbocycles. The summed E-state index contributed by atoms with van der Waals surface area (Å²) >= 11 is 0. The molecule has 330 valence electrons. The van der Waals surface area contributed by atoms with E-state index in [9.17, 15) is 0 Å². The van der Waals surface area contributed by atoms with Crippen molar-refractivity contribution < 1.29 is 0 Å². The summed E-state index contributed by atoms with van der Waals surface area (Å²) < 4.78 is 0. The van der Waals surface area contributed by atoms with Gasteiger partial charge in [0.2, 0.25) is 0 Å². The first kappa shape index (κ1) is 44.3. The van der Waals surface area contributed by atoms with Gasteiger partial charge in [0.15, 0.2) is 0 Å². The maximum Gasteiger partial charge on any atom is 0.0314 e. The molecule has 0 aliphatic rings. The number of nitrogen functional groups attached to an aromatic ring is 2. The zero-order chi connectivity index (χ0) is 46.7. The summed E-state index contributed by atoms with van der Waals surface area (Å²) in [6.07, 6.45) is 0.987. The number of rotatable bonds is 7. The van der Waals surface area contributed by atoms with Gasteiger partial charge in [-0.3, -0.25) is 0 Å². The van der Waals surface area contributed by atoms with Crippen molar-refractivity contribution in [3.8, 4) is 66.8 Å². The van der Waals surface area contributed by atoms with Gasteiger partial charge in [-0.15, -0.1) is 0 Å². The van der Waals surface area contributed by atoms with Crippen molar-refractivity contribution in [2.24, 2.45) is 0 Å². The third-order valence-electron chi connectivity index (χ3n) is 13.7. The summed E-state index contributed by atoms with van der Waals surface area (Å²) in [5.74, 6) is 0. The number of anilines is 2. The molecule has 9 aromatic rings. The molecular weight excluding hydrogens is 797 g/mol. The van der Waals surface area contributed by atoms with Gasteiger partial charge in [0.1, 0.15) is 0 Å². The fourth-order valence-corrected chi connectivity index (χ4v) is 9.56. The summed E-state index contributed by atoms with van der Waals surface area (Å²) in [6, 6.07) is 63.6. The molecule has 0 saturated heterocycles. The van der Waals surface area contributed by atoms with Crippen molar-refractivity contribution >= 4 is 32.9 Å². The normalized spacial score (nSPS) is 12.3. The Morgan fingerprint density at radius 3 is 0.758 bits per heavy atom. The summed E-state index contributed by atoms with van der Waals surface area (Å²) in [7, 11) is 0. The van der Waals surface area contributed by atoms with Crippen LogP contribution in [0.3, 0.4) is 0 Å². The van der Waals surface area contributed by atoms with Crippen LogP contribution in [0.25, 0.3) is 88.3 Å². The molecular formula is C64H64N2. The molecule has 0 heterocycles. The second-order valence-electron chi connectivity index (χ2n) is 21.4. The SMILES string of the molecule is CCc1ccc(-c2cc3c(-c4ccc(N)cc4)c4cc(-c5ccc(C(C)(C)C)cc5)c(-c5ccc(C(C)(C)C)cc5)cc4c(-c4ccc(N)cc4)c3cc2-c2ccc(C(C)(C)C)cc2)cc1. The highest BCUT2D eigenvalue weighted by Crippen LogP contribution is 2.50. The maximum absolute atomic E-state index is 6.44. The molecule has 0 aliphatic carbocycles. The lowest BCUT2D eigenvalue weighted by atomic mass is 9.79. The van der Waals surface area contributed by atoms with Crippen LogP contribution in [0.1, 0.15) is 91.5 Å². The van der Waals surface area contributed by atoms with Gasteiger partial charge < -0.3 is 11.5 Å². The topological polar surface area (TPSA) is 52.0 Å². The van der Waals surface area contributed by atoms with Gasteiger partial charge in [-0.05, 0) is 182 Å². The van der Waals surface area contributed by atoms with Crippen molar-refractivity contribution in [1.82, 2.24) is 0 Å². The van der Waals surface area contributed by atoms with Crippen LogP contribution in [-0.4, -0.2) is 0 Å². The average molecular weight is 861 g/mol. The van der Waals surface area contributed by atoms with Gasteiger partial charge in [-0.2, -0.15) is 0 Å². The van der Waals surface area contributed by atoms with Gasteiger partial charge in [-0.25, -0.2) is 0 Å². The van der Waals surface area contributed by atoms with E-state index in [-0.39, 0.29) is 16.2 Å². The number of aryl methyl sites for hydroxylation is 1. The van der Waals surface area contributed by atoms with Crippen molar-refractivity contribution in [3.05, 3.63) is 192 Å². The largest absolute Gasteiger partial charge is 0.399 e. The van der Waals surface area contributed by atoms with E-state index < -0.39 is 0 Å². The Morgan fingerprint density at radius 1 is 0.303 bits per heavy atom. The van der Waals surface area contributed by atoms with Crippen molar-refractivity contribution in [2.75, 3.05) is 11.5 Å². The Bertz CT molecular complexity index is 3200. The molecule has 0 fully saturated rings. The fraction of sp³-hybridized carbons (Fsp3) is 0.219. The molecule has 4 N–H and O–H groups in total. The van der Waals surface area contributed by atoms with Gasteiger partial charge in [0.05, 0.1) is 0 Å². The second kappa shape index (κ2) is 16.8. The highest BCUT2D eigenvalue weighted by molar-refractivity contribution is 6.24. The molecule has 2 nitrogen and oxygen atoms in total. The lowest BCUT2D eigenvalue weighted by Crippen LogP contribution is -2.10. The van der Waals surface area contributed by atoms with Crippen molar-refractivity contribution in [3.63, 3.8) is 0 Å². The monoisotopic (exact) mass is 861 g/mol. The Labute approximate surface area is 393 Å². The lowest BCUT2D eigenvalue weighted by Gasteiger charge is -2.24. The summed E-state index contributed by atoms with van der Waals surface area (Å²) in [5.41, 5.74) is 33.8. The van der Waals surface area contributed by atoms with Crippen LogP contribution in [0.5, 0.6) is 0 Å². The van der Waals surface area contributed by atoms with E-state index in [2.05, 4.69) is 215 Å². The number of nitrogens with two attached hydrogens (primary N) is 2. The van der Waals surface area contributed by atoms with E-state index in [1.165, 1.54) is 99.4 Å². The number of hydrogen-bond acceptors (Lipinski definition) is 2. The van der Waals surface area contributed by atoms with E-state index in [1.807, 2.05) is 24.3 Å². The van der Waals surface area contributed by atoms with Gasteiger partial charge in [-0.1, -0.05) is 191 Å². The first-order valence-corrected chi connectivity index (χ1v) is 23.6. The van der Waals surface area contributed by atoms with Crippen LogP contribution in [0.2, 0.25) is 0 Å². The highest BCUT2D eigenvalue weighted by atomic mass is 14.5. The molecule has 0 aliphatic heterocycles. The third-order valence-corrected chi connectivity index (χ3v) is 13.7. The van der Waals surface area contributed by atoms with E-state index >= 15 is 0 Å². The molecule has 0 unspecified atom stereocenters. The minimum absolute atomic E-state index is 0.0322. The second-order valence-corrected chi connectivity index (χ2v) is 21.4. The maximum atomic E-state index is 6.44. The molecule has 66 heavy (non-hydrogen) atoms. The van der Waals surface area contributed by atoms with Crippen LogP contribution in [0.4, 0.5) is 11.4 Å². The average Bonchev–Trinajstić information content (AvgIpc) is 3.30. The molecule has 9 rings (SSSR count). The smallest absolute Gasteiger partial charge is 0.0314 e. The van der Waals surface area contributed by atoms with E-state index in [0.717, 1.165) is 28.9 Å². The zero-order valence-electron chi connectivity index (χ0n) is 40.5. The van der Waals surface area contributed by atoms with Crippen LogP contribution < -0.4 is 11.5 Å².